The van der Waals surface area contributed by atoms with Crippen molar-refractivity contribution in [2.45, 2.75) is 44.6 Å². The molecule has 1 heterocycles. The highest BCUT2D eigenvalue weighted by molar-refractivity contribution is 5.83. The lowest BCUT2D eigenvalue weighted by molar-refractivity contribution is -0.141. The van der Waals surface area contributed by atoms with Crippen LogP contribution in [0.4, 0.5) is 0 Å². The van der Waals surface area contributed by atoms with Crippen LogP contribution in [0.2, 0.25) is 0 Å². The van der Waals surface area contributed by atoms with Gasteiger partial charge in [0, 0.05) is 24.7 Å². The summed E-state index contributed by atoms with van der Waals surface area (Å²) >= 11 is 0. The number of aliphatic carboxylic acids is 1. The molecule has 0 bridgehead atoms. The molecule has 6 heteroatoms. The van der Waals surface area contributed by atoms with Gasteiger partial charge in [0.25, 0.3) is 0 Å². The van der Waals surface area contributed by atoms with E-state index in [4.69, 9.17) is 5.11 Å². The fourth-order valence-electron chi connectivity index (χ4n) is 2.55. The first kappa shape index (κ1) is 13.6. The zero-order valence-electron chi connectivity index (χ0n) is 10.8. The lowest BCUT2D eigenvalue weighted by Crippen LogP contribution is -2.42. The fourth-order valence-corrected chi connectivity index (χ4v) is 2.55. The highest BCUT2D eigenvalue weighted by Gasteiger charge is 2.24. The normalized spacial score (nSPS) is 17.3. The van der Waals surface area contributed by atoms with Gasteiger partial charge in [-0.1, -0.05) is 12.8 Å². The van der Waals surface area contributed by atoms with Gasteiger partial charge in [-0.25, -0.2) is 9.78 Å². The number of aromatic amines is 1. The zero-order chi connectivity index (χ0) is 13.7. The summed E-state index contributed by atoms with van der Waals surface area (Å²) in [5, 5.41) is 11.7. The number of imidazole rings is 1. The standard InChI is InChI=1S/C13H19N3O3/c17-12(5-9-3-1-2-4-9)16-11(13(18)19)6-10-7-14-8-15-10/h7-9,11H,1-6H2,(H,14,15)(H,16,17)(H,18,19). The molecule has 0 aromatic carbocycles. The Hall–Kier alpha value is -1.85. The molecule has 2 rings (SSSR count). The summed E-state index contributed by atoms with van der Waals surface area (Å²) in [7, 11) is 0. The largest absolute Gasteiger partial charge is 0.480 e. The van der Waals surface area contributed by atoms with E-state index in [1.165, 1.54) is 19.2 Å². The maximum absolute atomic E-state index is 11.8. The van der Waals surface area contributed by atoms with Gasteiger partial charge in [0.2, 0.25) is 5.91 Å². The maximum Gasteiger partial charge on any atom is 0.326 e. The van der Waals surface area contributed by atoms with Gasteiger partial charge in [-0.2, -0.15) is 0 Å². The van der Waals surface area contributed by atoms with Gasteiger partial charge in [-0.05, 0) is 18.8 Å². The van der Waals surface area contributed by atoms with E-state index < -0.39 is 12.0 Å². The van der Waals surface area contributed by atoms with Crippen molar-refractivity contribution >= 4 is 11.9 Å². The minimum atomic E-state index is -1.02. The zero-order valence-corrected chi connectivity index (χ0v) is 10.8. The Morgan fingerprint density at radius 2 is 2.21 bits per heavy atom. The lowest BCUT2D eigenvalue weighted by atomic mass is 10.0. The van der Waals surface area contributed by atoms with E-state index in [1.54, 1.807) is 6.20 Å². The number of rotatable bonds is 6. The maximum atomic E-state index is 11.8. The molecular weight excluding hydrogens is 246 g/mol. The van der Waals surface area contributed by atoms with Crippen molar-refractivity contribution in [3.05, 3.63) is 18.2 Å². The van der Waals surface area contributed by atoms with Crippen LogP contribution in [-0.4, -0.2) is 33.0 Å². The molecule has 1 fully saturated rings. The van der Waals surface area contributed by atoms with E-state index in [0.29, 0.717) is 18.0 Å². The van der Waals surface area contributed by atoms with Gasteiger partial charge < -0.3 is 15.4 Å². The second-order valence-corrected chi connectivity index (χ2v) is 5.09. The molecule has 6 nitrogen and oxygen atoms in total. The van der Waals surface area contributed by atoms with Crippen LogP contribution in [-0.2, 0) is 16.0 Å². The van der Waals surface area contributed by atoms with Crippen LogP contribution >= 0.6 is 0 Å². The van der Waals surface area contributed by atoms with Gasteiger partial charge in [-0.15, -0.1) is 0 Å². The van der Waals surface area contributed by atoms with E-state index in [1.807, 2.05) is 0 Å². The fraction of sp³-hybridized carbons (Fsp3) is 0.615. The number of H-pyrrole nitrogens is 1. The van der Waals surface area contributed by atoms with E-state index in [2.05, 4.69) is 15.3 Å². The Bertz CT molecular complexity index is 424. The molecule has 3 N–H and O–H groups in total. The Morgan fingerprint density at radius 1 is 1.47 bits per heavy atom. The van der Waals surface area contributed by atoms with E-state index in [-0.39, 0.29) is 12.3 Å². The summed E-state index contributed by atoms with van der Waals surface area (Å²) in [4.78, 5) is 29.7. The van der Waals surface area contributed by atoms with Gasteiger partial charge >= 0.3 is 5.97 Å². The molecule has 1 aromatic rings. The van der Waals surface area contributed by atoms with Crippen molar-refractivity contribution < 1.29 is 14.7 Å². The van der Waals surface area contributed by atoms with Crippen molar-refractivity contribution in [3.8, 4) is 0 Å². The summed E-state index contributed by atoms with van der Waals surface area (Å²) in [6.45, 7) is 0. The molecule has 104 valence electrons. The van der Waals surface area contributed by atoms with Crippen molar-refractivity contribution in [1.29, 1.82) is 0 Å². The first-order chi connectivity index (χ1) is 9.15. The first-order valence-corrected chi connectivity index (χ1v) is 6.64. The molecular formula is C13H19N3O3. The number of carbonyl (C=O) groups excluding carboxylic acids is 1. The Kier molecular flexibility index (Phi) is 4.54. The van der Waals surface area contributed by atoms with E-state index >= 15 is 0 Å². The molecule has 0 radical (unpaired) electrons. The predicted molar refractivity (Wildman–Crippen MR) is 68.4 cm³/mol. The minimum absolute atomic E-state index is 0.168. The minimum Gasteiger partial charge on any atom is -0.480 e. The van der Waals surface area contributed by atoms with Crippen molar-refractivity contribution in [2.75, 3.05) is 0 Å². The Labute approximate surface area is 111 Å². The molecule has 1 aliphatic carbocycles. The summed E-state index contributed by atoms with van der Waals surface area (Å²) in [5.74, 6) is -0.769. The summed E-state index contributed by atoms with van der Waals surface area (Å²) < 4.78 is 0. The van der Waals surface area contributed by atoms with Crippen LogP contribution in [0.1, 0.15) is 37.8 Å². The average molecular weight is 265 g/mol. The number of nitrogens with one attached hydrogen (secondary N) is 2. The van der Waals surface area contributed by atoms with Crippen LogP contribution < -0.4 is 5.32 Å². The topological polar surface area (TPSA) is 95.1 Å². The average Bonchev–Trinajstić information content (AvgIpc) is 3.00. The van der Waals surface area contributed by atoms with Crippen molar-refractivity contribution in [1.82, 2.24) is 15.3 Å². The number of carboxylic acid groups (broad SMARTS) is 1. The van der Waals surface area contributed by atoms with Crippen LogP contribution in [0, 0.1) is 5.92 Å². The van der Waals surface area contributed by atoms with E-state index in [0.717, 1.165) is 12.8 Å². The lowest BCUT2D eigenvalue weighted by Gasteiger charge is -2.15. The molecule has 1 aromatic heterocycles. The van der Waals surface area contributed by atoms with Crippen LogP contribution in [0.15, 0.2) is 12.5 Å². The number of hydrogen-bond donors (Lipinski definition) is 3. The summed E-state index contributed by atoms with van der Waals surface area (Å²) in [5.41, 5.74) is 0.702. The Balaban J connectivity index is 1.85. The highest BCUT2D eigenvalue weighted by Crippen LogP contribution is 2.27. The molecule has 1 unspecified atom stereocenters. The monoisotopic (exact) mass is 265 g/mol. The summed E-state index contributed by atoms with van der Waals surface area (Å²) in [6, 6.07) is -0.894. The second-order valence-electron chi connectivity index (χ2n) is 5.09. The number of nitrogens with zero attached hydrogens (tertiary/aromatic N) is 1. The molecule has 1 amide bonds. The molecule has 1 atom stereocenters. The van der Waals surface area contributed by atoms with Gasteiger partial charge in [0.15, 0.2) is 0 Å². The number of hydrogen-bond acceptors (Lipinski definition) is 3. The number of carboxylic acids is 1. The quantitative estimate of drug-likeness (QED) is 0.717. The molecule has 0 aliphatic heterocycles. The molecule has 19 heavy (non-hydrogen) atoms. The third-order valence-electron chi connectivity index (χ3n) is 3.56. The van der Waals surface area contributed by atoms with Crippen LogP contribution in [0.3, 0.4) is 0 Å². The number of amides is 1. The van der Waals surface area contributed by atoms with Gasteiger partial charge in [0.1, 0.15) is 6.04 Å². The number of aromatic nitrogens is 2. The van der Waals surface area contributed by atoms with E-state index in [9.17, 15) is 9.59 Å². The first-order valence-electron chi connectivity index (χ1n) is 6.64. The smallest absolute Gasteiger partial charge is 0.326 e. The molecule has 1 saturated carbocycles. The molecule has 1 aliphatic rings. The Morgan fingerprint density at radius 3 is 2.79 bits per heavy atom. The third kappa shape index (κ3) is 4.08. The van der Waals surface area contributed by atoms with Crippen molar-refractivity contribution in [3.63, 3.8) is 0 Å². The van der Waals surface area contributed by atoms with Crippen LogP contribution in [0.25, 0.3) is 0 Å². The van der Waals surface area contributed by atoms with Gasteiger partial charge in [0.05, 0.1) is 6.33 Å². The van der Waals surface area contributed by atoms with Crippen molar-refractivity contribution in [2.24, 2.45) is 5.92 Å². The predicted octanol–water partition coefficient (Wildman–Crippen LogP) is 1.10. The second kappa shape index (κ2) is 6.36. The van der Waals surface area contributed by atoms with Gasteiger partial charge in [-0.3, -0.25) is 4.79 Å². The highest BCUT2D eigenvalue weighted by atomic mass is 16.4. The number of carbonyl (C=O) groups is 2. The molecule has 0 saturated heterocycles. The summed E-state index contributed by atoms with van der Waals surface area (Å²) in [6.07, 6.45) is 8.23. The SMILES string of the molecule is O=C(CC1CCCC1)NC(Cc1cnc[nH]1)C(=O)O. The van der Waals surface area contributed by atoms with Crippen LogP contribution in [0.5, 0.6) is 0 Å². The molecule has 0 spiro atoms. The third-order valence-corrected chi connectivity index (χ3v) is 3.56.